The molecule has 6 nitrogen and oxygen atoms in total. The van der Waals surface area contributed by atoms with Crippen LogP contribution in [0.15, 0.2) is 12.1 Å². The van der Waals surface area contributed by atoms with Crippen LogP contribution in [0.5, 0.6) is 0 Å². The van der Waals surface area contributed by atoms with Crippen LogP contribution in [0.2, 0.25) is 0 Å². The summed E-state index contributed by atoms with van der Waals surface area (Å²) < 4.78 is 1.87. The summed E-state index contributed by atoms with van der Waals surface area (Å²) in [6, 6.07) is 3.82. The second-order valence-electron chi connectivity index (χ2n) is 5.30. The lowest BCUT2D eigenvalue weighted by Crippen LogP contribution is -2.14. The molecule has 1 atom stereocenters. The van der Waals surface area contributed by atoms with Crippen LogP contribution in [0.4, 0.5) is 5.82 Å². The summed E-state index contributed by atoms with van der Waals surface area (Å²) in [5.74, 6) is -0.106. The van der Waals surface area contributed by atoms with E-state index in [-0.39, 0.29) is 17.9 Å². The molecule has 1 aliphatic rings. The lowest BCUT2D eigenvalue weighted by atomic mass is 9.94. The van der Waals surface area contributed by atoms with E-state index in [4.69, 9.17) is 16.7 Å². The third-order valence-corrected chi connectivity index (χ3v) is 3.82. The van der Waals surface area contributed by atoms with Gasteiger partial charge in [0.15, 0.2) is 0 Å². The van der Waals surface area contributed by atoms with Gasteiger partial charge in [-0.25, -0.2) is 4.98 Å². The fourth-order valence-corrected chi connectivity index (χ4v) is 2.83. The molecule has 106 valence electrons. The third-order valence-electron chi connectivity index (χ3n) is 3.82. The van der Waals surface area contributed by atoms with E-state index >= 15 is 0 Å². The molecule has 6 heteroatoms. The van der Waals surface area contributed by atoms with Gasteiger partial charge >= 0.3 is 0 Å². The summed E-state index contributed by atoms with van der Waals surface area (Å²) in [5, 5.41) is 9.87. The molecule has 1 aliphatic carbocycles. The maximum absolute atomic E-state index is 11.4. The van der Waals surface area contributed by atoms with Crippen molar-refractivity contribution in [2.45, 2.75) is 19.9 Å². The van der Waals surface area contributed by atoms with Gasteiger partial charge in [0.05, 0.1) is 11.6 Å². The molecule has 2 aromatic rings. The monoisotopic (exact) mass is 281 g/mol. The van der Waals surface area contributed by atoms with Crippen molar-refractivity contribution in [3.05, 3.63) is 29.0 Å². The van der Waals surface area contributed by atoms with E-state index in [0.29, 0.717) is 11.6 Å². The van der Waals surface area contributed by atoms with Gasteiger partial charge in [0.1, 0.15) is 18.0 Å². The van der Waals surface area contributed by atoms with Gasteiger partial charge < -0.3 is 16.0 Å². The van der Waals surface area contributed by atoms with Crippen molar-refractivity contribution in [2.75, 3.05) is 5.73 Å². The predicted molar refractivity (Wildman–Crippen MR) is 80.2 cm³/mol. The lowest BCUT2D eigenvalue weighted by Gasteiger charge is -2.14. The number of hydrogen-bond acceptors (Lipinski definition) is 4. The molecular weight excluding hydrogens is 266 g/mol. The minimum Gasteiger partial charge on any atom is -0.383 e. The van der Waals surface area contributed by atoms with Crippen LogP contribution in [0.3, 0.4) is 0 Å². The van der Waals surface area contributed by atoms with Crippen molar-refractivity contribution in [1.29, 1.82) is 5.26 Å². The molecule has 2 aromatic heterocycles. The molecule has 1 amide bonds. The number of carbonyl (C=O) groups excluding carboxylic acids is 1. The Morgan fingerprint density at radius 1 is 1.62 bits per heavy atom. The van der Waals surface area contributed by atoms with E-state index < -0.39 is 5.91 Å². The van der Waals surface area contributed by atoms with Crippen molar-refractivity contribution in [3.63, 3.8) is 0 Å². The first-order valence-corrected chi connectivity index (χ1v) is 6.69. The molecule has 21 heavy (non-hydrogen) atoms. The second-order valence-corrected chi connectivity index (χ2v) is 5.30. The van der Waals surface area contributed by atoms with Crippen molar-refractivity contribution in [3.8, 4) is 6.07 Å². The number of aromatic nitrogens is 2. The summed E-state index contributed by atoms with van der Waals surface area (Å²) in [4.78, 5) is 15.7. The summed E-state index contributed by atoms with van der Waals surface area (Å²) >= 11 is 0. The number of nitriles is 1. The normalized spacial score (nSPS) is 16.7. The number of carbonyl (C=O) groups is 1. The zero-order valence-corrected chi connectivity index (χ0v) is 11.6. The van der Waals surface area contributed by atoms with Crippen molar-refractivity contribution in [1.82, 2.24) is 9.55 Å². The number of amides is 1. The maximum atomic E-state index is 11.4. The number of fused-ring (bicyclic) bond motifs is 3. The number of nitrogens with zero attached hydrogens (tertiary/aromatic N) is 3. The Bertz CT molecular complexity index is 825. The van der Waals surface area contributed by atoms with Crippen LogP contribution in [0, 0.1) is 17.2 Å². The van der Waals surface area contributed by atoms with E-state index in [1.807, 2.05) is 10.6 Å². The third kappa shape index (κ3) is 1.94. The van der Waals surface area contributed by atoms with Crippen LogP contribution >= 0.6 is 0 Å². The van der Waals surface area contributed by atoms with Crippen LogP contribution in [-0.2, 0) is 13.0 Å². The van der Waals surface area contributed by atoms with Crippen molar-refractivity contribution < 1.29 is 4.79 Å². The first kappa shape index (κ1) is 13.2. The fourth-order valence-electron chi connectivity index (χ4n) is 2.83. The average molecular weight is 281 g/mol. The lowest BCUT2D eigenvalue weighted by molar-refractivity contribution is 0.100. The van der Waals surface area contributed by atoms with Gasteiger partial charge in [-0.15, -0.1) is 0 Å². The fraction of sp³-hybridized carbons (Fsp3) is 0.267. The molecule has 0 saturated carbocycles. The van der Waals surface area contributed by atoms with Gasteiger partial charge in [-0.3, -0.25) is 4.79 Å². The highest BCUT2D eigenvalue weighted by Crippen LogP contribution is 2.33. The van der Waals surface area contributed by atoms with Crippen LogP contribution in [0.1, 0.15) is 28.5 Å². The Kier molecular flexibility index (Phi) is 2.91. The Morgan fingerprint density at radius 3 is 3.05 bits per heavy atom. The molecule has 4 N–H and O–H groups in total. The highest BCUT2D eigenvalue weighted by atomic mass is 16.1. The first-order chi connectivity index (χ1) is 10.0. The summed E-state index contributed by atoms with van der Waals surface area (Å²) in [6.45, 7) is 2.32. The van der Waals surface area contributed by atoms with E-state index in [1.165, 1.54) is 0 Å². The highest BCUT2D eigenvalue weighted by molar-refractivity contribution is 6.02. The largest absolute Gasteiger partial charge is 0.383 e. The van der Waals surface area contributed by atoms with Crippen LogP contribution < -0.4 is 11.5 Å². The van der Waals surface area contributed by atoms with Crippen LogP contribution in [0.25, 0.3) is 17.1 Å². The number of allylic oxidation sites excluding steroid dienone is 1. The smallest absolute Gasteiger partial charge is 0.252 e. The molecule has 0 radical (unpaired) electrons. The number of nitrogen functional groups attached to an aromatic ring is 1. The van der Waals surface area contributed by atoms with E-state index in [0.717, 1.165) is 23.1 Å². The van der Waals surface area contributed by atoms with Gasteiger partial charge in [-0.05, 0) is 18.4 Å². The maximum Gasteiger partial charge on any atom is 0.252 e. The zero-order chi connectivity index (χ0) is 15.1. The molecule has 0 unspecified atom stereocenters. The number of anilines is 1. The molecule has 0 aromatic carbocycles. The summed E-state index contributed by atoms with van der Waals surface area (Å²) in [7, 11) is 0. The standard InChI is InChI=1S/C15H15N5O/c1-8-2-3-9-10-7-11(14(18)21)13(17)19-15(10)20(5-4-16)12(9)6-8/h2-3,7-8H,5-6H2,1H3,(H2,17,19)(H2,18,21)/t8-/m0/s1. The van der Waals surface area contributed by atoms with Crippen LogP contribution in [-0.4, -0.2) is 15.5 Å². The number of hydrogen-bond donors (Lipinski definition) is 2. The summed E-state index contributed by atoms with van der Waals surface area (Å²) in [6.07, 6.45) is 4.96. The molecule has 2 heterocycles. The minimum atomic E-state index is -0.600. The molecule has 0 spiro atoms. The minimum absolute atomic E-state index is 0.0982. The van der Waals surface area contributed by atoms with Gasteiger partial charge in [0, 0.05) is 16.6 Å². The zero-order valence-electron chi connectivity index (χ0n) is 11.6. The topological polar surface area (TPSA) is 111 Å². The van der Waals surface area contributed by atoms with Crippen molar-refractivity contribution >= 4 is 28.8 Å². The summed E-state index contributed by atoms with van der Waals surface area (Å²) in [5.41, 5.74) is 14.0. The SMILES string of the molecule is C[C@H]1C=Cc2c(n(CC#N)c3nc(N)c(C(N)=O)cc23)C1. The van der Waals surface area contributed by atoms with E-state index in [1.54, 1.807) is 6.07 Å². The highest BCUT2D eigenvalue weighted by Gasteiger charge is 2.22. The Balaban J connectivity index is 2.37. The Labute approximate surface area is 121 Å². The Hall–Kier alpha value is -2.81. The van der Waals surface area contributed by atoms with Crippen molar-refractivity contribution in [2.24, 2.45) is 11.7 Å². The molecule has 0 bridgehead atoms. The number of rotatable bonds is 2. The molecule has 0 aliphatic heterocycles. The molecule has 0 saturated heterocycles. The number of primary amides is 1. The van der Waals surface area contributed by atoms with Gasteiger partial charge in [-0.2, -0.15) is 5.26 Å². The van der Waals surface area contributed by atoms with E-state index in [9.17, 15) is 4.79 Å². The predicted octanol–water partition coefficient (Wildman–Crippen LogP) is 1.45. The molecule has 3 rings (SSSR count). The van der Waals surface area contributed by atoms with Gasteiger partial charge in [-0.1, -0.05) is 19.1 Å². The number of nitrogens with two attached hydrogens (primary N) is 2. The first-order valence-electron chi connectivity index (χ1n) is 6.69. The second kappa shape index (κ2) is 4.63. The number of pyridine rings is 1. The quantitative estimate of drug-likeness (QED) is 0.867. The van der Waals surface area contributed by atoms with Gasteiger partial charge in [0.25, 0.3) is 5.91 Å². The average Bonchev–Trinajstić information content (AvgIpc) is 2.71. The Morgan fingerprint density at radius 2 is 2.38 bits per heavy atom. The molecule has 0 fully saturated rings. The van der Waals surface area contributed by atoms with E-state index in [2.05, 4.69) is 24.1 Å². The van der Waals surface area contributed by atoms with Gasteiger partial charge in [0.2, 0.25) is 0 Å². The molecular formula is C15H15N5O.